The second kappa shape index (κ2) is 9.20. The van der Waals surface area contributed by atoms with Crippen LogP contribution in [0.15, 0.2) is 47.4 Å². The fourth-order valence-electron chi connectivity index (χ4n) is 3.23. The molecule has 12 heteroatoms. The number of sulfonamides is 1. The van der Waals surface area contributed by atoms with E-state index in [0.29, 0.717) is 11.3 Å². The van der Waals surface area contributed by atoms with E-state index in [4.69, 9.17) is 11.6 Å². The minimum atomic E-state index is -4.10. The number of carbonyl (C=O) groups excluding carboxylic acids is 1. The molecule has 0 saturated heterocycles. The zero-order valence-corrected chi connectivity index (χ0v) is 19.9. The highest BCUT2D eigenvalue weighted by atomic mass is 35.5. The van der Waals surface area contributed by atoms with Crippen LogP contribution < -0.4 is 10.0 Å². The number of halogens is 1. The molecule has 174 valence electrons. The summed E-state index contributed by atoms with van der Waals surface area (Å²) in [6.45, 7) is 6.90. The van der Waals surface area contributed by atoms with Crippen LogP contribution in [0.2, 0.25) is 5.02 Å². The number of nitro benzene ring substituents is 1. The monoisotopic (exact) mass is 491 g/mol. The van der Waals surface area contributed by atoms with Crippen molar-refractivity contribution in [1.29, 1.82) is 0 Å². The maximum absolute atomic E-state index is 12.7. The molecule has 2 aromatic carbocycles. The highest BCUT2D eigenvalue weighted by Gasteiger charge is 2.22. The number of hydrogen-bond acceptors (Lipinski definition) is 6. The number of aromatic nitrogens is 2. The van der Waals surface area contributed by atoms with Gasteiger partial charge in [-0.15, -0.1) is 0 Å². The number of nitrogens with zero attached hydrogens (tertiary/aromatic N) is 3. The van der Waals surface area contributed by atoms with Gasteiger partial charge < -0.3 is 5.32 Å². The second-order valence-corrected chi connectivity index (χ2v) is 9.63. The normalized spacial score (nSPS) is 12.3. The Morgan fingerprint density at radius 3 is 2.42 bits per heavy atom. The number of aryl methyl sites for hydroxylation is 3. The van der Waals surface area contributed by atoms with Gasteiger partial charge in [-0.2, -0.15) is 5.10 Å². The Kier molecular flexibility index (Phi) is 6.75. The number of benzene rings is 2. The lowest BCUT2D eigenvalue weighted by Gasteiger charge is -2.16. The molecule has 3 rings (SSSR count). The summed E-state index contributed by atoms with van der Waals surface area (Å²) in [4.78, 5) is 22.9. The van der Waals surface area contributed by atoms with Gasteiger partial charge in [0.1, 0.15) is 6.04 Å². The molecule has 10 nitrogen and oxygen atoms in total. The van der Waals surface area contributed by atoms with E-state index in [1.54, 1.807) is 11.6 Å². The van der Waals surface area contributed by atoms with Crippen molar-refractivity contribution in [2.45, 2.75) is 38.6 Å². The van der Waals surface area contributed by atoms with Gasteiger partial charge in [0.25, 0.3) is 15.7 Å². The largest absolute Gasteiger partial charge is 0.323 e. The average Bonchev–Trinajstić information content (AvgIpc) is 3.06. The van der Waals surface area contributed by atoms with Crippen molar-refractivity contribution in [3.63, 3.8) is 0 Å². The van der Waals surface area contributed by atoms with E-state index in [1.165, 1.54) is 37.3 Å². The summed E-state index contributed by atoms with van der Waals surface area (Å²) in [6.07, 6.45) is 0. The quantitative estimate of drug-likeness (QED) is 0.372. The van der Waals surface area contributed by atoms with Crippen LogP contribution in [0, 0.1) is 30.9 Å². The molecule has 0 spiro atoms. The van der Waals surface area contributed by atoms with Crippen LogP contribution in [-0.4, -0.2) is 29.0 Å². The van der Waals surface area contributed by atoms with Crippen LogP contribution in [0.1, 0.15) is 29.9 Å². The smallest absolute Gasteiger partial charge is 0.273 e. The molecule has 0 fully saturated rings. The summed E-state index contributed by atoms with van der Waals surface area (Å²) in [5, 5.41) is 18.2. The zero-order valence-electron chi connectivity index (χ0n) is 18.3. The first-order valence-electron chi connectivity index (χ1n) is 9.80. The average molecular weight is 492 g/mol. The Morgan fingerprint density at radius 2 is 1.85 bits per heavy atom. The third kappa shape index (κ3) is 5.32. The number of amides is 1. The Bertz CT molecular complexity index is 1350. The van der Waals surface area contributed by atoms with Crippen LogP contribution in [0.5, 0.6) is 0 Å². The minimum Gasteiger partial charge on any atom is -0.323 e. The van der Waals surface area contributed by atoms with Crippen molar-refractivity contribution < 1.29 is 18.1 Å². The van der Waals surface area contributed by atoms with Crippen molar-refractivity contribution in [2.24, 2.45) is 0 Å². The summed E-state index contributed by atoms with van der Waals surface area (Å²) in [7, 11) is -4.10. The molecule has 1 aromatic heterocycles. The van der Waals surface area contributed by atoms with Crippen molar-refractivity contribution >= 4 is 44.6 Å². The van der Waals surface area contributed by atoms with Gasteiger partial charge >= 0.3 is 0 Å². The second-order valence-electron chi connectivity index (χ2n) is 7.54. The van der Waals surface area contributed by atoms with Crippen LogP contribution in [-0.2, 0) is 14.8 Å². The SMILES string of the molecule is Cc1cc(C)n(C(C)C(=O)Nc2ccc(NS(=O)(=O)c3ccc(C)c([N+](=O)[O-])c3)cc2Cl)n1. The van der Waals surface area contributed by atoms with Gasteiger partial charge in [0, 0.05) is 17.3 Å². The number of anilines is 2. The summed E-state index contributed by atoms with van der Waals surface area (Å²) in [6, 6.07) is 9.13. The van der Waals surface area contributed by atoms with E-state index >= 15 is 0 Å². The highest BCUT2D eigenvalue weighted by Crippen LogP contribution is 2.29. The topological polar surface area (TPSA) is 136 Å². The molecule has 1 heterocycles. The number of rotatable bonds is 7. The van der Waals surface area contributed by atoms with Crippen molar-refractivity contribution in [1.82, 2.24) is 9.78 Å². The van der Waals surface area contributed by atoms with E-state index in [-0.39, 0.29) is 27.2 Å². The molecule has 0 aliphatic heterocycles. The summed E-state index contributed by atoms with van der Waals surface area (Å²) >= 11 is 6.26. The van der Waals surface area contributed by atoms with E-state index in [1.807, 2.05) is 19.9 Å². The Hall–Kier alpha value is -3.44. The van der Waals surface area contributed by atoms with E-state index in [9.17, 15) is 23.3 Å². The lowest BCUT2D eigenvalue weighted by molar-refractivity contribution is -0.385. The Labute approximate surface area is 195 Å². The number of nitrogens with one attached hydrogen (secondary N) is 2. The third-order valence-electron chi connectivity index (χ3n) is 4.96. The van der Waals surface area contributed by atoms with Crippen LogP contribution in [0.4, 0.5) is 17.1 Å². The molecule has 0 aliphatic rings. The zero-order chi connectivity index (χ0) is 24.5. The van der Waals surface area contributed by atoms with Gasteiger partial charge in [0.15, 0.2) is 0 Å². The Balaban J connectivity index is 1.78. The maximum Gasteiger partial charge on any atom is 0.273 e. The lowest BCUT2D eigenvalue weighted by atomic mass is 10.2. The molecule has 1 unspecified atom stereocenters. The summed E-state index contributed by atoms with van der Waals surface area (Å²) < 4.78 is 29.3. The van der Waals surface area contributed by atoms with Crippen molar-refractivity contribution in [2.75, 3.05) is 10.0 Å². The predicted molar refractivity (Wildman–Crippen MR) is 125 cm³/mol. The molecule has 0 bridgehead atoms. The first-order chi connectivity index (χ1) is 15.4. The molecule has 0 saturated carbocycles. The predicted octanol–water partition coefficient (Wildman–Crippen LogP) is 4.37. The van der Waals surface area contributed by atoms with Crippen LogP contribution in [0.25, 0.3) is 0 Å². The van der Waals surface area contributed by atoms with Gasteiger partial charge in [-0.3, -0.25) is 24.3 Å². The molecule has 3 aromatic rings. The first kappa shape index (κ1) is 24.2. The molecule has 2 N–H and O–H groups in total. The van der Waals surface area contributed by atoms with E-state index in [2.05, 4.69) is 15.1 Å². The molecule has 33 heavy (non-hydrogen) atoms. The molecule has 0 radical (unpaired) electrons. The fraction of sp³-hybridized carbons (Fsp3) is 0.238. The van der Waals surface area contributed by atoms with Gasteiger partial charge in [0.05, 0.1) is 31.9 Å². The highest BCUT2D eigenvalue weighted by molar-refractivity contribution is 7.92. The molecular formula is C21H22ClN5O5S. The van der Waals surface area contributed by atoms with Gasteiger partial charge in [0.2, 0.25) is 5.91 Å². The number of hydrogen-bond donors (Lipinski definition) is 2. The third-order valence-corrected chi connectivity index (χ3v) is 6.65. The van der Waals surface area contributed by atoms with Crippen molar-refractivity contribution in [3.8, 4) is 0 Å². The molecule has 1 atom stereocenters. The first-order valence-corrected chi connectivity index (χ1v) is 11.7. The van der Waals surface area contributed by atoms with Crippen molar-refractivity contribution in [3.05, 3.63) is 74.6 Å². The van der Waals surface area contributed by atoms with Gasteiger partial charge in [-0.1, -0.05) is 17.7 Å². The van der Waals surface area contributed by atoms with Crippen LogP contribution in [0.3, 0.4) is 0 Å². The Morgan fingerprint density at radius 1 is 1.15 bits per heavy atom. The minimum absolute atomic E-state index is 0.110. The van der Waals surface area contributed by atoms with Crippen LogP contribution >= 0.6 is 11.6 Å². The van der Waals surface area contributed by atoms with Gasteiger partial charge in [-0.05, 0) is 58.0 Å². The maximum atomic E-state index is 12.7. The van der Waals surface area contributed by atoms with Gasteiger partial charge in [-0.25, -0.2) is 8.42 Å². The summed E-state index contributed by atoms with van der Waals surface area (Å²) in [5.41, 5.74) is 2.10. The molecule has 0 aliphatic carbocycles. The standard InChI is InChI=1S/C21H22ClN5O5S/c1-12-5-7-17(11-20(12)27(29)30)33(31,32)25-16-6-8-19(18(22)10-16)23-21(28)15(4)26-14(3)9-13(2)24-26/h5-11,15,25H,1-4H3,(H,23,28). The lowest BCUT2D eigenvalue weighted by Crippen LogP contribution is -2.25. The van der Waals surface area contributed by atoms with E-state index in [0.717, 1.165) is 17.5 Å². The summed E-state index contributed by atoms with van der Waals surface area (Å²) in [5.74, 6) is -0.344. The molecular weight excluding hydrogens is 470 g/mol. The number of nitro groups is 1. The number of carbonyl (C=O) groups is 1. The van der Waals surface area contributed by atoms with E-state index < -0.39 is 21.0 Å². The fourth-order valence-corrected chi connectivity index (χ4v) is 4.53. The molecule has 1 amide bonds.